The molecule has 0 saturated carbocycles. The molecule has 3 aromatic heterocycles. The molecule has 4 aromatic rings. The average Bonchev–Trinajstić information content (AvgIpc) is 3.54. The third-order valence-corrected chi connectivity index (χ3v) is 7.73. The molecule has 2 aliphatic rings. The van der Waals surface area contributed by atoms with Gasteiger partial charge < -0.3 is 15.2 Å². The van der Waals surface area contributed by atoms with Gasteiger partial charge in [-0.2, -0.15) is 0 Å². The lowest BCUT2D eigenvalue weighted by Gasteiger charge is -2.32. The number of anilines is 1. The number of amides is 2. The molecule has 0 unspecified atom stereocenters. The van der Waals surface area contributed by atoms with Crippen molar-refractivity contribution >= 4 is 45.8 Å². The normalized spacial score (nSPS) is 17.5. The number of imide groups is 1. The summed E-state index contributed by atoms with van der Waals surface area (Å²) in [6.45, 7) is 3.51. The summed E-state index contributed by atoms with van der Waals surface area (Å²) in [6, 6.07) is 14.4. The zero-order chi connectivity index (χ0) is 25.9. The number of aromatic amines is 1. The van der Waals surface area contributed by atoms with E-state index in [9.17, 15) is 9.59 Å². The first-order valence-corrected chi connectivity index (χ1v) is 13.5. The summed E-state index contributed by atoms with van der Waals surface area (Å²) in [5, 5.41) is 6.72. The van der Waals surface area contributed by atoms with Crippen molar-refractivity contribution in [2.75, 3.05) is 24.5 Å². The first-order chi connectivity index (χ1) is 18.6. The quantitative estimate of drug-likeness (QED) is 0.305. The SMILES string of the molecule is O=C1NC(=O)C(=Cc2ccnc(N3CCC(CNCc4ccnc(-c5ccc6[nH]ccc6c5)c4)CC3)n2)S1. The Hall–Kier alpha value is -4.02. The van der Waals surface area contributed by atoms with Crippen molar-refractivity contribution in [3.05, 3.63) is 77.2 Å². The van der Waals surface area contributed by atoms with Gasteiger partial charge in [-0.25, -0.2) is 9.97 Å². The lowest BCUT2D eigenvalue weighted by Crippen LogP contribution is -2.38. The summed E-state index contributed by atoms with van der Waals surface area (Å²) in [5.74, 6) is 0.857. The Balaban J connectivity index is 1.01. The van der Waals surface area contributed by atoms with Gasteiger partial charge in [-0.05, 0) is 85.1 Å². The smallest absolute Gasteiger partial charge is 0.290 e. The molecule has 9 nitrogen and oxygen atoms in total. The zero-order valence-electron chi connectivity index (χ0n) is 20.7. The van der Waals surface area contributed by atoms with Crippen molar-refractivity contribution in [2.24, 2.45) is 5.92 Å². The highest BCUT2D eigenvalue weighted by Gasteiger charge is 2.25. The lowest BCUT2D eigenvalue weighted by atomic mass is 9.97. The lowest BCUT2D eigenvalue weighted by molar-refractivity contribution is -0.115. The van der Waals surface area contributed by atoms with Gasteiger partial charge in [0.1, 0.15) is 0 Å². The van der Waals surface area contributed by atoms with Crippen LogP contribution in [0.1, 0.15) is 24.1 Å². The van der Waals surface area contributed by atoms with E-state index in [0.29, 0.717) is 22.5 Å². The highest BCUT2D eigenvalue weighted by molar-refractivity contribution is 8.18. The van der Waals surface area contributed by atoms with E-state index in [1.165, 1.54) is 10.9 Å². The summed E-state index contributed by atoms with van der Waals surface area (Å²) in [6.07, 6.45) is 9.26. The van der Waals surface area contributed by atoms with Crippen molar-refractivity contribution in [3.8, 4) is 11.3 Å². The second kappa shape index (κ2) is 10.8. The molecule has 1 aromatic carbocycles. The number of thioether (sulfide) groups is 1. The van der Waals surface area contributed by atoms with Gasteiger partial charge in [-0.15, -0.1) is 0 Å². The number of aromatic nitrogens is 4. The summed E-state index contributed by atoms with van der Waals surface area (Å²) in [7, 11) is 0. The van der Waals surface area contributed by atoms with Gasteiger partial charge in [0.2, 0.25) is 5.95 Å². The maximum atomic E-state index is 11.8. The standard InChI is InChI=1S/C28H27N7O2S/c36-26-25(38-28(37)34-26)15-22-5-10-32-27(33-22)35-11-6-18(7-12-35)16-29-17-19-3-8-31-24(13-19)20-1-2-23-21(14-20)4-9-30-23/h1-5,8-10,13-15,18,29-30H,6-7,11-12,16-17H2,(H,34,36,37). The first kappa shape index (κ1) is 24.3. The molecule has 6 rings (SSSR count). The largest absolute Gasteiger partial charge is 0.361 e. The molecule has 0 bridgehead atoms. The highest BCUT2D eigenvalue weighted by atomic mass is 32.2. The maximum absolute atomic E-state index is 11.8. The molecule has 2 saturated heterocycles. The number of hydrogen-bond acceptors (Lipinski definition) is 8. The second-order valence-corrected chi connectivity index (χ2v) is 10.5. The third-order valence-electron chi connectivity index (χ3n) is 6.92. The van der Waals surface area contributed by atoms with E-state index in [0.717, 1.165) is 67.6 Å². The van der Waals surface area contributed by atoms with Crippen molar-refractivity contribution in [2.45, 2.75) is 19.4 Å². The fourth-order valence-corrected chi connectivity index (χ4v) is 5.53. The minimum absolute atomic E-state index is 0.354. The van der Waals surface area contributed by atoms with Gasteiger partial charge in [-0.1, -0.05) is 6.07 Å². The third kappa shape index (κ3) is 5.46. The summed E-state index contributed by atoms with van der Waals surface area (Å²) < 4.78 is 0. The molecule has 3 N–H and O–H groups in total. The number of rotatable bonds is 7. The minimum Gasteiger partial charge on any atom is -0.361 e. The Kier molecular flexibility index (Phi) is 6.89. The highest BCUT2D eigenvalue weighted by Crippen LogP contribution is 2.26. The molecular formula is C28H27N7O2S. The fourth-order valence-electron chi connectivity index (χ4n) is 4.86. The number of nitrogens with zero attached hydrogens (tertiary/aromatic N) is 4. The average molecular weight is 526 g/mol. The zero-order valence-corrected chi connectivity index (χ0v) is 21.5. The van der Waals surface area contributed by atoms with E-state index in [4.69, 9.17) is 0 Å². The minimum atomic E-state index is -0.380. The van der Waals surface area contributed by atoms with Crippen molar-refractivity contribution in [1.29, 1.82) is 0 Å². The van der Waals surface area contributed by atoms with Crippen LogP contribution in [0.15, 0.2) is 66.0 Å². The number of fused-ring (bicyclic) bond motifs is 1. The molecule has 2 amide bonds. The van der Waals surface area contributed by atoms with Crippen LogP contribution in [0.25, 0.3) is 28.2 Å². The van der Waals surface area contributed by atoms with E-state index < -0.39 is 0 Å². The molecule has 0 atom stereocenters. The van der Waals surface area contributed by atoms with Gasteiger partial charge >= 0.3 is 0 Å². The first-order valence-electron chi connectivity index (χ1n) is 12.7. The predicted octanol–water partition coefficient (Wildman–Crippen LogP) is 4.35. The molecule has 0 radical (unpaired) electrons. The van der Waals surface area contributed by atoms with E-state index in [1.54, 1.807) is 18.3 Å². The van der Waals surface area contributed by atoms with Crippen LogP contribution in [0.4, 0.5) is 10.7 Å². The van der Waals surface area contributed by atoms with Crippen LogP contribution < -0.4 is 15.5 Å². The maximum Gasteiger partial charge on any atom is 0.290 e. The van der Waals surface area contributed by atoms with E-state index in [1.807, 2.05) is 12.4 Å². The molecule has 0 aliphatic carbocycles. The van der Waals surface area contributed by atoms with Gasteiger partial charge in [0.05, 0.1) is 16.3 Å². The molecule has 38 heavy (non-hydrogen) atoms. The number of carbonyl (C=O) groups excluding carboxylic acids is 2. The van der Waals surface area contributed by atoms with Crippen LogP contribution in [0, 0.1) is 5.92 Å². The number of nitrogens with one attached hydrogen (secondary N) is 3. The van der Waals surface area contributed by atoms with Gasteiger partial charge in [0.25, 0.3) is 11.1 Å². The Labute approximate surface area is 224 Å². The summed E-state index contributed by atoms with van der Waals surface area (Å²) in [5.41, 5.74) is 5.07. The summed E-state index contributed by atoms with van der Waals surface area (Å²) in [4.78, 5) is 42.6. The number of pyridine rings is 1. The Bertz CT molecular complexity index is 1520. The monoisotopic (exact) mass is 525 g/mol. The number of piperidine rings is 1. The van der Waals surface area contributed by atoms with Crippen LogP contribution in [0.2, 0.25) is 0 Å². The molecule has 10 heteroatoms. The van der Waals surface area contributed by atoms with Crippen molar-refractivity contribution in [3.63, 3.8) is 0 Å². The second-order valence-electron chi connectivity index (χ2n) is 9.52. The van der Waals surface area contributed by atoms with Crippen molar-refractivity contribution < 1.29 is 9.59 Å². The molecular weight excluding hydrogens is 498 g/mol. The topological polar surface area (TPSA) is 116 Å². The van der Waals surface area contributed by atoms with Crippen LogP contribution in [0.3, 0.4) is 0 Å². The molecule has 5 heterocycles. The number of benzene rings is 1. The molecule has 2 fully saturated rings. The molecule has 2 aliphatic heterocycles. The predicted molar refractivity (Wildman–Crippen MR) is 149 cm³/mol. The van der Waals surface area contributed by atoms with Gasteiger partial charge in [0, 0.05) is 54.7 Å². The van der Waals surface area contributed by atoms with Crippen LogP contribution in [0.5, 0.6) is 0 Å². The van der Waals surface area contributed by atoms with E-state index in [-0.39, 0.29) is 11.1 Å². The van der Waals surface area contributed by atoms with Gasteiger partial charge in [0.15, 0.2) is 0 Å². The van der Waals surface area contributed by atoms with Crippen LogP contribution in [-0.4, -0.2) is 50.7 Å². The number of carbonyl (C=O) groups is 2. The number of H-pyrrole nitrogens is 1. The van der Waals surface area contributed by atoms with Crippen LogP contribution in [-0.2, 0) is 11.3 Å². The van der Waals surface area contributed by atoms with Crippen molar-refractivity contribution in [1.82, 2.24) is 30.6 Å². The molecule has 0 spiro atoms. The molecule has 192 valence electrons. The fraction of sp³-hybridized carbons (Fsp3) is 0.250. The summed E-state index contributed by atoms with van der Waals surface area (Å²) >= 11 is 0.892. The van der Waals surface area contributed by atoms with Gasteiger partial charge in [-0.3, -0.25) is 19.9 Å². The Morgan fingerprint density at radius 1 is 1.05 bits per heavy atom. The van der Waals surface area contributed by atoms with E-state index >= 15 is 0 Å². The Morgan fingerprint density at radius 3 is 2.76 bits per heavy atom. The van der Waals surface area contributed by atoms with Crippen LogP contribution >= 0.6 is 11.8 Å². The van der Waals surface area contributed by atoms with E-state index in [2.05, 4.69) is 71.9 Å². The Morgan fingerprint density at radius 2 is 1.92 bits per heavy atom. The number of hydrogen-bond donors (Lipinski definition) is 3.